The molecular formula is C15H15NO4S. The molecule has 0 spiro atoms. The van der Waals surface area contributed by atoms with Gasteiger partial charge in [-0.05, 0) is 23.3 Å². The second-order valence-electron chi connectivity index (χ2n) is 4.61. The van der Waals surface area contributed by atoms with Crippen LogP contribution in [-0.2, 0) is 27.2 Å². The lowest BCUT2D eigenvalue weighted by molar-refractivity contribution is -0.107. The summed E-state index contributed by atoms with van der Waals surface area (Å²) in [5, 5.41) is 0. The maximum atomic E-state index is 11.2. The maximum Gasteiger partial charge on any atom is 0.269 e. The van der Waals surface area contributed by atoms with Gasteiger partial charge in [0.15, 0.2) is 0 Å². The van der Waals surface area contributed by atoms with Crippen LogP contribution in [0.3, 0.4) is 0 Å². The van der Waals surface area contributed by atoms with E-state index in [0.29, 0.717) is 17.8 Å². The minimum Gasteiger partial charge on any atom is -0.311 e. The highest BCUT2D eigenvalue weighted by Gasteiger charge is 2.09. The van der Waals surface area contributed by atoms with Crippen molar-refractivity contribution < 1.29 is 17.8 Å². The Bertz CT molecular complexity index is 696. The molecule has 0 fully saturated rings. The van der Waals surface area contributed by atoms with Gasteiger partial charge in [-0.25, -0.2) is 0 Å². The monoisotopic (exact) mass is 305 g/mol. The number of hydrogen-bond donors (Lipinski definition) is 1. The van der Waals surface area contributed by atoms with Crippen LogP contribution in [0.25, 0.3) is 0 Å². The summed E-state index contributed by atoms with van der Waals surface area (Å²) in [4.78, 5) is 12.7. The Morgan fingerprint density at radius 1 is 0.952 bits per heavy atom. The fraction of sp³-hybridized carbons (Fsp3) is 0.133. The van der Waals surface area contributed by atoms with Crippen molar-refractivity contribution in [1.29, 1.82) is 0 Å². The molecule has 1 amide bonds. The molecule has 0 heterocycles. The summed E-state index contributed by atoms with van der Waals surface area (Å²) in [6.07, 6.45) is 0.727. The van der Waals surface area contributed by atoms with E-state index in [9.17, 15) is 13.2 Å². The van der Waals surface area contributed by atoms with Gasteiger partial charge in [-0.15, -0.1) is 0 Å². The van der Waals surface area contributed by atoms with Crippen LogP contribution in [0, 0.1) is 0 Å². The lowest BCUT2D eigenvalue weighted by atomic mass is 10.2. The summed E-state index contributed by atoms with van der Waals surface area (Å²) in [5.41, 5.74) is 2.12. The van der Waals surface area contributed by atoms with Gasteiger partial charge in [0.1, 0.15) is 5.75 Å². The standard InChI is InChI=1S/C15H15NO4S/c17-12-16(10-13-4-2-1-3-5-13)15-8-6-14(7-9-15)11-21(18,19)20/h1-9,12H,10-11H2,(H,18,19,20). The van der Waals surface area contributed by atoms with Gasteiger partial charge >= 0.3 is 0 Å². The van der Waals surface area contributed by atoms with E-state index in [1.807, 2.05) is 30.3 Å². The maximum absolute atomic E-state index is 11.2. The largest absolute Gasteiger partial charge is 0.311 e. The molecule has 21 heavy (non-hydrogen) atoms. The molecule has 0 aromatic heterocycles. The van der Waals surface area contributed by atoms with Gasteiger partial charge < -0.3 is 4.90 Å². The van der Waals surface area contributed by atoms with E-state index in [1.54, 1.807) is 24.3 Å². The van der Waals surface area contributed by atoms with Crippen LogP contribution in [0.5, 0.6) is 0 Å². The van der Waals surface area contributed by atoms with Crippen molar-refractivity contribution in [3.8, 4) is 0 Å². The lowest BCUT2D eigenvalue weighted by Crippen LogP contribution is -2.20. The van der Waals surface area contributed by atoms with Crippen molar-refractivity contribution in [2.24, 2.45) is 0 Å². The Labute approximate surface area is 123 Å². The zero-order valence-electron chi connectivity index (χ0n) is 11.2. The van der Waals surface area contributed by atoms with Crippen LogP contribution in [0.4, 0.5) is 5.69 Å². The molecule has 0 unspecified atom stereocenters. The number of anilines is 1. The van der Waals surface area contributed by atoms with E-state index < -0.39 is 15.9 Å². The number of carbonyl (C=O) groups is 1. The smallest absolute Gasteiger partial charge is 0.269 e. The molecule has 2 aromatic carbocycles. The average molecular weight is 305 g/mol. The van der Waals surface area contributed by atoms with Gasteiger partial charge in [-0.3, -0.25) is 9.35 Å². The van der Waals surface area contributed by atoms with Crippen molar-refractivity contribution in [1.82, 2.24) is 0 Å². The second-order valence-corrected chi connectivity index (χ2v) is 6.06. The van der Waals surface area contributed by atoms with E-state index in [1.165, 1.54) is 4.90 Å². The summed E-state index contributed by atoms with van der Waals surface area (Å²) in [6.45, 7) is 0.433. The first-order valence-electron chi connectivity index (χ1n) is 6.28. The molecule has 1 N–H and O–H groups in total. The summed E-state index contributed by atoms with van der Waals surface area (Å²) in [5.74, 6) is -0.437. The van der Waals surface area contributed by atoms with Gasteiger partial charge in [0.25, 0.3) is 10.1 Å². The molecule has 2 rings (SSSR count). The van der Waals surface area contributed by atoms with E-state index in [-0.39, 0.29) is 0 Å². The molecule has 0 saturated carbocycles. The Morgan fingerprint density at radius 3 is 2.10 bits per heavy atom. The zero-order valence-corrected chi connectivity index (χ0v) is 12.0. The van der Waals surface area contributed by atoms with Crippen molar-refractivity contribution in [3.63, 3.8) is 0 Å². The Kier molecular flexibility index (Phi) is 4.72. The average Bonchev–Trinajstić information content (AvgIpc) is 2.45. The van der Waals surface area contributed by atoms with Crippen LogP contribution >= 0.6 is 0 Å². The summed E-state index contributed by atoms with van der Waals surface area (Å²) in [6, 6.07) is 16.0. The van der Waals surface area contributed by atoms with Crippen LogP contribution in [-0.4, -0.2) is 19.4 Å². The summed E-state index contributed by atoms with van der Waals surface area (Å²) >= 11 is 0. The van der Waals surface area contributed by atoms with Gasteiger partial charge in [0.2, 0.25) is 6.41 Å². The topological polar surface area (TPSA) is 74.7 Å². The lowest BCUT2D eigenvalue weighted by Gasteiger charge is -2.17. The van der Waals surface area contributed by atoms with Crippen LogP contribution in [0.15, 0.2) is 54.6 Å². The van der Waals surface area contributed by atoms with Gasteiger partial charge in [0.05, 0.1) is 6.54 Å². The molecule has 0 aliphatic carbocycles. The van der Waals surface area contributed by atoms with Crippen molar-refractivity contribution in [2.45, 2.75) is 12.3 Å². The third-order valence-corrected chi connectivity index (χ3v) is 3.64. The first kappa shape index (κ1) is 15.2. The highest BCUT2D eigenvalue weighted by atomic mass is 32.2. The van der Waals surface area contributed by atoms with E-state index in [0.717, 1.165) is 12.0 Å². The number of amides is 1. The number of rotatable bonds is 6. The first-order chi connectivity index (χ1) is 9.98. The third-order valence-electron chi connectivity index (χ3n) is 2.94. The SMILES string of the molecule is O=CN(Cc1ccccc1)c1ccc(CS(=O)(=O)O)cc1. The highest BCUT2D eigenvalue weighted by molar-refractivity contribution is 7.85. The van der Waals surface area contributed by atoms with Gasteiger partial charge in [-0.1, -0.05) is 42.5 Å². The molecule has 6 heteroatoms. The molecule has 0 saturated heterocycles. The molecule has 110 valence electrons. The quantitative estimate of drug-likeness (QED) is 0.656. The van der Waals surface area contributed by atoms with Crippen LogP contribution in [0.2, 0.25) is 0 Å². The van der Waals surface area contributed by atoms with E-state index in [2.05, 4.69) is 0 Å². The Morgan fingerprint density at radius 2 is 1.57 bits per heavy atom. The molecule has 0 aliphatic rings. The second kappa shape index (κ2) is 6.51. The third kappa shape index (κ3) is 4.70. The predicted molar refractivity (Wildman–Crippen MR) is 80.4 cm³/mol. The number of carbonyl (C=O) groups excluding carboxylic acids is 1. The van der Waals surface area contributed by atoms with E-state index in [4.69, 9.17) is 4.55 Å². The minimum atomic E-state index is -4.05. The Hall–Kier alpha value is -2.18. The molecule has 0 bridgehead atoms. The molecule has 5 nitrogen and oxygen atoms in total. The summed E-state index contributed by atoms with van der Waals surface area (Å²) < 4.78 is 30.4. The van der Waals surface area contributed by atoms with Gasteiger partial charge in [0, 0.05) is 5.69 Å². The van der Waals surface area contributed by atoms with Crippen LogP contribution < -0.4 is 4.90 Å². The predicted octanol–water partition coefficient (Wildman–Crippen LogP) is 2.24. The fourth-order valence-corrected chi connectivity index (χ4v) is 2.58. The molecule has 0 atom stereocenters. The van der Waals surface area contributed by atoms with Crippen LogP contribution in [0.1, 0.15) is 11.1 Å². The van der Waals surface area contributed by atoms with Crippen molar-refractivity contribution >= 4 is 22.2 Å². The number of benzene rings is 2. The first-order valence-corrected chi connectivity index (χ1v) is 7.89. The fourth-order valence-electron chi connectivity index (χ4n) is 1.96. The molecule has 0 radical (unpaired) electrons. The molecule has 0 aliphatic heterocycles. The summed E-state index contributed by atoms with van der Waals surface area (Å²) in [7, 11) is -4.05. The van der Waals surface area contributed by atoms with E-state index >= 15 is 0 Å². The van der Waals surface area contributed by atoms with Gasteiger partial charge in [-0.2, -0.15) is 8.42 Å². The van der Waals surface area contributed by atoms with Crippen molar-refractivity contribution in [2.75, 3.05) is 4.90 Å². The zero-order chi connectivity index (χ0) is 15.3. The highest BCUT2D eigenvalue weighted by Crippen LogP contribution is 2.17. The normalized spacial score (nSPS) is 11.1. The minimum absolute atomic E-state index is 0.433. The Balaban J connectivity index is 2.14. The number of hydrogen-bond acceptors (Lipinski definition) is 3. The number of nitrogens with zero attached hydrogens (tertiary/aromatic N) is 1. The molecule has 2 aromatic rings. The molecular weight excluding hydrogens is 290 g/mol. The van der Waals surface area contributed by atoms with Crippen molar-refractivity contribution in [3.05, 3.63) is 65.7 Å².